The van der Waals surface area contributed by atoms with Crippen molar-refractivity contribution in [3.63, 3.8) is 0 Å². The summed E-state index contributed by atoms with van der Waals surface area (Å²) in [6.45, 7) is 7.85. The van der Waals surface area contributed by atoms with Crippen LogP contribution >= 0.6 is 0 Å². The van der Waals surface area contributed by atoms with E-state index in [0.717, 1.165) is 16.9 Å². The highest BCUT2D eigenvalue weighted by Crippen LogP contribution is 2.21. The molecule has 2 rings (SSSR count). The maximum Gasteiger partial charge on any atom is 0.309 e. The molecule has 1 amide bonds. The van der Waals surface area contributed by atoms with Crippen LogP contribution in [0, 0.1) is 19.8 Å². The number of rotatable bonds is 6. The Morgan fingerprint density at radius 2 is 1.92 bits per heavy atom. The molecule has 5 heteroatoms. The Bertz CT molecular complexity index is 577. The Hall–Kier alpha value is -2.04. The molecule has 0 N–H and O–H groups in total. The van der Waals surface area contributed by atoms with Crippen LogP contribution in [0.5, 0.6) is 5.75 Å². The summed E-state index contributed by atoms with van der Waals surface area (Å²) in [5.41, 5.74) is 2.21. The summed E-state index contributed by atoms with van der Waals surface area (Å²) in [7, 11) is 0. The van der Waals surface area contributed by atoms with Crippen LogP contribution in [0.4, 0.5) is 0 Å². The number of benzene rings is 1. The first-order valence-electron chi connectivity index (χ1n) is 8.65. The normalized spacial score (nSPS) is 15.2. The van der Waals surface area contributed by atoms with Crippen molar-refractivity contribution in [3.05, 3.63) is 29.3 Å². The van der Waals surface area contributed by atoms with E-state index in [-0.39, 0.29) is 17.8 Å². The molecule has 0 unspecified atom stereocenters. The lowest BCUT2D eigenvalue weighted by molar-refractivity contribution is -0.151. The smallest absolute Gasteiger partial charge is 0.309 e. The van der Waals surface area contributed by atoms with Crippen molar-refractivity contribution in [2.24, 2.45) is 5.92 Å². The van der Waals surface area contributed by atoms with Gasteiger partial charge in [0.2, 0.25) is 5.91 Å². The van der Waals surface area contributed by atoms with Gasteiger partial charge in [-0.1, -0.05) is 12.1 Å². The lowest BCUT2D eigenvalue weighted by Crippen LogP contribution is -2.41. The fourth-order valence-electron chi connectivity index (χ4n) is 2.89. The quantitative estimate of drug-likeness (QED) is 0.751. The van der Waals surface area contributed by atoms with Gasteiger partial charge in [0.05, 0.1) is 25.6 Å². The number of piperidine rings is 1. The molecule has 132 valence electrons. The van der Waals surface area contributed by atoms with Crippen LogP contribution in [0.1, 0.15) is 37.3 Å². The first-order valence-corrected chi connectivity index (χ1v) is 8.65. The number of carbonyl (C=O) groups excluding carboxylic acids is 2. The first kappa shape index (κ1) is 18.3. The number of hydrogen-bond acceptors (Lipinski definition) is 4. The molecule has 0 atom stereocenters. The molecule has 1 aliphatic rings. The summed E-state index contributed by atoms with van der Waals surface area (Å²) in [6, 6.07) is 6.05. The molecule has 0 bridgehead atoms. The topological polar surface area (TPSA) is 55.8 Å². The number of likely N-dealkylation sites (tertiary alicyclic amines) is 1. The van der Waals surface area contributed by atoms with Gasteiger partial charge in [-0.2, -0.15) is 0 Å². The molecule has 1 saturated heterocycles. The molecule has 0 aliphatic carbocycles. The molecule has 0 spiro atoms. The summed E-state index contributed by atoms with van der Waals surface area (Å²) in [5.74, 6) is 0.717. The molecule has 1 aliphatic heterocycles. The summed E-state index contributed by atoms with van der Waals surface area (Å²) in [6.07, 6.45) is 1.72. The zero-order valence-electron chi connectivity index (χ0n) is 14.8. The summed E-state index contributed by atoms with van der Waals surface area (Å²) >= 11 is 0. The highest BCUT2D eigenvalue weighted by molar-refractivity contribution is 5.77. The van der Waals surface area contributed by atoms with Gasteiger partial charge in [0.25, 0.3) is 0 Å². The van der Waals surface area contributed by atoms with Gasteiger partial charge in [-0.25, -0.2) is 0 Å². The average molecular weight is 333 g/mol. The molecule has 0 aromatic heterocycles. The molecular weight excluding hydrogens is 306 g/mol. The largest absolute Gasteiger partial charge is 0.493 e. The van der Waals surface area contributed by atoms with Crippen LogP contribution < -0.4 is 4.74 Å². The predicted octanol–water partition coefficient (Wildman–Crippen LogP) is 2.87. The van der Waals surface area contributed by atoms with Crippen LogP contribution in [0.25, 0.3) is 0 Å². The van der Waals surface area contributed by atoms with Crippen LogP contribution in [-0.2, 0) is 14.3 Å². The Balaban J connectivity index is 1.74. The third kappa shape index (κ3) is 4.98. The lowest BCUT2D eigenvalue weighted by Gasteiger charge is -2.31. The third-order valence-corrected chi connectivity index (χ3v) is 4.38. The maximum absolute atomic E-state index is 12.3. The zero-order valence-corrected chi connectivity index (χ0v) is 14.8. The van der Waals surface area contributed by atoms with Crippen molar-refractivity contribution in [1.82, 2.24) is 4.90 Å². The highest BCUT2D eigenvalue weighted by Gasteiger charge is 2.27. The second kappa shape index (κ2) is 8.71. The van der Waals surface area contributed by atoms with Gasteiger partial charge in [-0.05, 0) is 50.8 Å². The molecule has 1 fully saturated rings. The molecule has 1 aromatic carbocycles. The Morgan fingerprint density at radius 1 is 1.21 bits per heavy atom. The van der Waals surface area contributed by atoms with Gasteiger partial charge in [-0.3, -0.25) is 9.59 Å². The fourth-order valence-corrected chi connectivity index (χ4v) is 2.89. The minimum atomic E-state index is -0.136. The number of hydrogen-bond donors (Lipinski definition) is 0. The fraction of sp³-hybridized carbons (Fsp3) is 0.579. The van der Waals surface area contributed by atoms with Gasteiger partial charge < -0.3 is 14.4 Å². The number of amides is 1. The van der Waals surface area contributed by atoms with Crippen molar-refractivity contribution >= 4 is 11.9 Å². The van der Waals surface area contributed by atoms with Gasteiger partial charge >= 0.3 is 5.97 Å². The van der Waals surface area contributed by atoms with Crippen LogP contribution in [0.3, 0.4) is 0 Å². The van der Waals surface area contributed by atoms with E-state index in [1.54, 1.807) is 0 Å². The first-order chi connectivity index (χ1) is 11.5. The van der Waals surface area contributed by atoms with Gasteiger partial charge in [0, 0.05) is 13.1 Å². The van der Waals surface area contributed by atoms with Crippen molar-refractivity contribution in [1.29, 1.82) is 0 Å². The molecule has 1 heterocycles. The molecular formula is C19H27NO4. The van der Waals surface area contributed by atoms with Crippen LogP contribution in [0.15, 0.2) is 18.2 Å². The number of carbonyl (C=O) groups is 2. The Labute approximate surface area is 143 Å². The second-order valence-corrected chi connectivity index (χ2v) is 6.27. The summed E-state index contributed by atoms with van der Waals surface area (Å²) < 4.78 is 10.8. The predicted molar refractivity (Wildman–Crippen MR) is 92.0 cm³/mol. The average Bonchev–Trinajstić information content (AvgIpc) is 2.58. The van der Waals surface area contributed by atoms with E-state index >= 15 is 0 Å². The Kier molecular flexibility index (Phi) is 6.64. The van der Waals surface area contributed by atoms with E-state index in [0.29, 0.717) is 45.6 Å². The zero-order chi connectivity index (χ0) is 17.5. The lowest BCUT2D eigenvalue weighted by atomic mass is 9.97. The van der Waals surface area contributed by atoms with Crippen molar-refractivity contribution in [2.45, 2.75) is 40.0 Å². The minimum absolute atomic E-state index is 0.0693. The molecule has 0 radical (unpaired) electrons. The molecule has 5 nitrogen and oxygen atoms in total. The summed E-state index contributed by atoms with van der Waals surface area (Å²) in [5, 5.41) is 0. The summed E-state index contributed by atoms with van der Waals surface area (Å²) in [4.78, 5) is 25.8. The number of ether oxygens (including phenoxy) is 2. The number of nitrogens with zero attached hydrogens (tertiary/aromatic N) is 1. The van der Waals surface area contributed by atoms with E-state index in [9.17, 15) is 9.59 Å². The number of esters is 1. The van der Waals surface area contributed by atoms with Crippen LogP contribution in [-0.4, -0.2) is 43.1 Å². The second-order valence-electron chi connectivity index (χ2n) is 6.27. The van der Waals surface area contributed by atoms with Gasteiger partial charge in [0.1, 0.15) is 5.75 Å². The number of aryl methyl sites for hydroxylation is 2. The SMILES string of the molecule is CCOC(=O)C1CCN(C(=O)CCOc2cc(C)ccc2C)CC1. The van der Waals surface area contributed by atoms with E-state index < -0.39 is 0 Å². The van der Waals surface area contributed by atoms with Crippen molar-refractivity contribution in [3.8, 4) is 5.75 Å². The minimum Gasteiger partial charge on any atom is -0.493 e. The molecule has 24 heavy (non-hydrogen) atoms. The van der Waals surface area contributed by atoms with E-state index in [1.807, 2.05) is 43.9 Å². The van der Waals surface area contributed by atoms with E-state index in [2.05, 4.69) is 0 Å². The Morgan fingerprint density at radius 3 is 2.58 bits per heavy atom. The third-order valence-electron chi connectivity index (χ3n) is 4.38. The van der Waals surface area contributed by atoms with Crippen molar-refractivity contribution < 1.29 is 19.1 Å². The van der Waals surface area contributed by atoms with E-state index in [4.69, 9.17) is 9.47 Å². The molecule has 0 saturated carbocycles. The van der Waals surface area contributed by atoms with Gasteiger partial charge in [0.15, 0.2) is 0 Å². The van der Waals surface area contributed by atoms with Crippen LogP contribution in [0.2, 0.25) is 0 Å². The highest BCUT2D eigenvalue weighted by atomic mass is 16.5. The van der Waals surface area contributed by atoms with Gasteiger partial charge in [-0.15, -0.1) is 0 Å². The maximum atomic E-state index is 12.3. The standard InChI is InChI=1S/C19H27NO4/c1-4-23-19(22)16-7-10-20(11-8-16)18(21)9-12-24-17-13-14(2)5-6-15(17)3/h5-6,13,16H,4,7-12H2,1-3H3. The van der Waals surface area contributed by atoms with Crippen molar-refractivity contribution in [2.75, 3.05) is 26.3 Å². The monoisotopic (exact) mass is 333 g/mol. The molecule has 1 aromatic rings. The van der Waals surface area contributed by atoms with E-state index in [1.165, 1.54) is 0 Å².